The van der Waals surface area contributed by atoms with Gasteiger partial charge in [-0.2, -0.15) is 4.52 Å². The molecule has 7 heteroatoms. The molecule has 0 saturated heterocycles. The first kappa shape index (κ1) is 19.4. The Bertz CT molecular complexity index is 875. The number of carbonyl (C=O) groups excluding carboxylic acids is 1. The number of anilines is 1. The number of carbonyl (C=O) groups is 1. The average molecular weight is 355 g/mol. The van der Waals surface area contributed by atoms with Crippen LogP contribution in [0.25, 0.3) is 17.0 Å². The third kappa shape index (κ3) is 4.58. The van der Waals surface area contributed by atoms with Crippen LogP contribution >= 0.6 is 0 Å². The van der Waals surface area contributed by atoms with Crippen LogP contribution in [0.1, 0.15) is 30.6 Å². The first-order chi connectivity index (χ1) is 12.5. The molecule has 26 heavy (non-hydrogen) atoms. The van der Waals surface area contributed by atoms with Gasteiger partial charge in [0.15, 0.2) is 11.5 Å². The van der Waals surface area contributed by atoms with Crippen molar-refractivity contribution in [3.63, 3.8) is 0 Å². The molecule has 0 spiro atoms. The molecule has 2 aromatic heterocycles. The quantitative estimate of drug-likeness (QED) is 0.683. The number of nitrogens with two attached hydrogens (primary N) is 1. The van der Waals surface area contributed by atoms with Crippen molar-refractivity contribution < 1.29 is 9.90 Å². The fourth-order valence-electron chi connectivity index (χ4n) is 2.41. The van der Waals surface area contributed by atoms with E-state index in [1.165, 1.54) is 30.1 Å². The monoisotopic (exact) mass is 355 g/mol. The average Bonchev–Trinajstić information content (AvgIpc) is 3.07. The molecule has 0 atom stereocenters. The number of nitrogens with zero attached hydrogens (tertiary/aromatic N) is 4. The third-order valence-corrected chi connectivity index (χ3v) is 3.91. The maximum absolute atomic E-state index is 10.8. The van der Waals surface area contributed by atoms with Gasteiger partial charge in [0.05, 0.1) is 5.56 Å². The minimum atomic E-state index is 0.0904. The Kier molecular flexibility index (Phi) is 6.68. The molecule has 2 heterocycles. The highest BCUT2D eigenvalue weighted by Gasteiger charge is 2.12. The van der Waals surface area contributed by atoms with Gasteiger partial charge in [0.2, 0.25) is 0 Å². The molecule has 0 amide bonds. The zero-order valence-electron chi connectivity index (χ0n) is 15.4. The van der Waals surface area contributed by atoms with Crippen LogP contribution in [-0.2, 0) is 0 Å². The molecule has 7 nitrogen and oxygen atoms in total. The number of hydrogen-bond acceptors (Lipinski definition) is 6. The minimum Gasteiger partial charge on any atom is -0.507 e. The van der Waals surface area contributed by atoms with Crippen LogP contribution < -0.4 is 5.73 Å². The molecule has 0 unspecified atom stereocenters. The summed E-state index contributed by atoms with van der Waals surface area (Å²) in [6.45, 7) is 6.78. The molecule has 0 saturated carbocycles. The van der Waals surface area contributed by atoms with E-state index in [2.05, 4.69) is 35.9 Å². The predicted octanol–water partition coefficient (Wildman–Crippen LogP) is 2.84. The number of hydrogen-bond donors (Lipinski definition) is 2. The summed E-state index contributed by atoms with van der Waals surface area (Å²) in [6.07, 6.45) is 1.97. The SMILES string of the molecule is CCCN(C)CC.Nc1cc(C=O)cc2nc(-c3ccccc3O)nn12. The second kappa shape index (κ2) is 8.96. The van der Waals surface area contributed by atoms with Gasteiger partial charge < -0.3 is 15.7 Å². The van der Waals surface area contributed by atoms with Gasteiger partial charge in [-0.1, -0.05) is 26.0 Å². The van der Waals surface area contributed by atoms with Crippen molar-refractivity contribution >= 4 is 17.8 Å². The minimum absolute atomic E-state index is 0.0904. The molecule has 3 rings (SSSR count). The second-order valence-electron chi connectivity index (χ2n) is 5.95. The van der Waals surface area contributed by atoms with E-state index >= 15 is 0 Å². The van der Waals surface area contributed by atoms with Crippen molar-refractivity contribution in [1.29, 1.82) is 0 Å². The summed E-state index contributed by atoms with van der Waals surface area (Å²) in [5.74, 6) is 0.759. The number of para-hydroxylation sites is 1. The highest BCUT2D eigenvalue weighted by atomic mass is 16.3. The van der Waals surface area contributed by atoms with E-state index in [-0.39, 0.29) is 5.75 Å². The maximum Gasteiger partial charge on any atom is 0.185 e. The third-order valence-electron chi connectivity index (χ3n) is 3.91. The fourth-order valence-corrected chi connectivity index (χ4v) is 2.41. The van der Waals surface area contributed by atoms with Crippen molar-refractivity contribution in [2.24, 2.45) is 0 Å². The highest BCUT2D eigenvalue weighted by molar-refractivity contribution is 5.79. The van der Waals surface area contributed by atoms with Gasteiger partial charge in [-0.25, -0.2) is 4.98 Å². The van der Waals surface area contributed by atoms with Gasteiger partial charge in [0, 0.05) is 5.56 Å². The lowest BCUT2D eigenvalue weighted by molar-refractivity contribution is 0.112. The lowest BCUT2D eigenvalue weighted by Crippen LogP contribution is -2.17. The molecular weight excluding hydrogens is 330 g/mol. The Morgan fingerprint density at radius 1 is 1.27 bits per heavy atom. The van der Waals surface area contributed by atoms with E-state index in [4.69, 9.17) is 5.73 Å². The molecule has 3 aromatic rings. The molecule has 0 bridgehead atoms. The molecule has 3 N–H and O–H groups in total. The zero-order valence-corrected chi connectivity index (χ0v) is 15.4. The summed E-state index contributed by atoms with van der Waals surface area (Å²) in [4.78, 5) is 17.4. The number of pyridine rings is 1. The van der Waals surface area contributed by atoms with Crippen LogP contribution in [0.4, 0.5) is 5.82 Å². The first-order valence-corrected chi connectivity index (χ1v) is 8.58. The maximum atomic E-state index is 10.8. The van der Waals surface area contributed by atoms with E-state index in [9.17, 15) is 9.90 Å². The van der Waals surface area contributed by atoms with Gasteiger partial charge in [-0.05, 0) is 50.8 Å². The van der Waals surface area contributed by atoms with E-state index in [0.717, 1.165) is 0 Å². The zero-order chi connectivity index (χ0) is 19.1. The van der Waals surface area contributed by atoms with Crippen LogP contribution in [-0.4, -0.2) is 51.0 Å². The summed E-state index contributed by atoms with van der Waals surface area (Å²) >= 11 is 0. The molecule has 0 aliphatic carbocycles. The molecular formula is C19H25N5O2. The Labute approximate surface area is 153 Å². The normalized spacial score (nSPS) is 10.6. The Morgan fingerprint density at radius 3 is 2.58 bits per heavy atom. The smallest absolute Gasteiger partial charge is 0.185 e. The number of rotatable bonds is 5. The van der Waals surface area contributed by atoms with Gasteiger partial charge in [-0.3, -0.25) is 4.79 Å². The first-order valence-electron chi connectivity index (χ1n) is 8.58. The van der Waals surface area contributed by atoms with Crippen LogP contribution in [0, 0.1) is 0 Å². The Hall–Kier alpha value is -2.93. The number of nitrogen functional groups attached to an aromatic ring is 1. The van der Waals surface area contributed by atoms with Gasteiger partial charge in [-0.15, -0.1) is 5.10 Å². The number of phenolic OH excluding ortho intramolecular Hbond substituents is 1. The van der Waals surface area contributed by atoms with Crippen LogP contribution in [0.3, 0.4) is 0 Å². The molecule has 1 aromatic carbocycles. The highest BCUT2D eigenvalue weighted by Crippen LogP contribution is 2.26. The van der Waals surface area contributed by atoms with Crippen LogP contribution in [0.15, 0.2) is 36.4 Å². The predicted molar refractivity (Wildman–Crippen MR) is 103 cm³/mol. The van der Waals surface area contributed by atoms with E-state index < -0.39 is 0 Å². The van der Waals surface area contributed by atoms with Crippen molar-refractivity contribution in [3.05, 3.63) is 42.0 Å². The fraction of sp³-hybridized carbons (Fsp3) is 0.316. The van der Waals surface area contributed by atoms with Gasteiger partial charge >= 0.3 is 0 Å². The molecule has 0 aliphatic rings. The standard InChI is InChI=1S/C13H10N4O2.C6H15N/c14-11-5-8(7-18)6-12-15-13(16-17(11)12)9-3-1-2-4-10(9)19;1-4-6-7(3)5-2/h1-7,19H,14H2;4-6H2,1-3H3. The van der Waals surface area contributed by atoms with E-state index in [0.29, 0.717) is 34.7 Å². The number of aldehydes is 1. The molecule has 0 radical (unpaired) electrons. The Morgan fingerprint density at radius 2 is 2.00 bits per heavy atom. The van der Waals surface area contributed by atoms with E-state index in [1.807, 2.05) is 0 Å². The number of benzene rings is 1. The van der Waals surface area contributed by atoms with E-state index in [1.54, 1.807) is 30.3 Å². The summed E-state index contributed by atoms with van der Waals surface area (Å²) < 4.78 is 1.43. The van der Waals surface area contributed by atoms with Gasteiger partial charge in [0.25, 0.3) is 0 Å². The van der Waals surface area contributed by atoms with Crippen molar-refractivity contribution in [2.75, 3.05) is 25.9 Å². The molecule has 0 fully saturated rings. The number of aromatic nitrogens is 3. The van der Waals surface area contributed by atoms with Crippen molar-refractivity contribution in [3.8, 4) is 17.1 Å². The lowest BCUT2D eigenvalue weighted by Gasteiger charge is -2.10. The summed E-state index contributed by atoms with van der Waals surface area (Å²) in [5, 5.41) is 14.0. The van der Waals surface area contributed by atoms with Crippen LogP contribution in [0.2, 0.25) is 0 Å². The largest absolute Gasteiger partial charge is 0.507 e. The summed E-state index contributed by atoms with van der Waals surface area (Å²) in [6, 6.07) is 9.86. The molecule has 0 aliphatic heterocycles. The number of aromatic hydroxyl groups is 1. The van der Waals surface area contributed by atoms with Crippen LogP contribution in [0.5, 0.6) is 5.75 Å². The van der Waals surface area contributed by atoms with Crippen molar-refractivity contribution in [1.82, 2.24) is 19.5 Å². The summed E-state index contributed by atoms with van der Waals surface area (Å²) in [7, 11) is 2.14. The molecule has 138 valence electrons. The number of fused-ring (bicyclic) bond motifs is 1. The second-order valence-corrected chi connectivity index (χ2v) is 5.95. The summed E-state index contributed by atoms with van der Waals surface area (Å²) in [5.41, 5.74) is 7.20. The number of phenols is 1. The lowest BCUT2D eigenvalue weighted by atomic mass is 10.2. The topological polar surface area (TPSA) is 96.8 Å². The Balaban J connectivity index is 0.000000298. The van der Waals surface area contributed by atoms with Gasteiger partial charge in [0.1, 0.15) is 17.9 Å². The van der Waals surface area contributed by atoms with Crippen molar-refractivity contribution in [2.45, 2.75) is 20.3 Å².